The summed E-state index contributed by atoms with van der Waals surface area (Å²) in [4.78, 5) is 0.795. The van der Waals surface area contributed by atoms with Crippen molar-refractivity contribution in [2.75, 3.05) is 0 Å². The normalized spacial score (nSPS) is 10.9. The van der Waals surface area contributed by atoms with Crippen LogP contribution in [0.5, 0.6) is 0 Å². The summed E-state index contributed by atoms with van der Waals surface area (Å²) in [6, 6.07) is 0. The van der Waals surface area contributed by atoms with Gasteiger partial charge in [-0.15, -0.1) is 11.3 Å². The Kier molecular flexibility index (Phi) is 2.09. The third-order valence-electron chi connectivity index (χ3n) is 1.55. The molecule has 0 fully saturated rings. The zero-order valence-corrected chi connectivity index (χ0v) is 7.26. The monoisotopic (exact) mass is 158 g/mol. The molecule has 1 heterocycles. The minimum atomic E-state index is -0.0139. The Morgan fingerprint density at radius 3 is 2.30 bits per heavy atom. The first-order valence-corrected chi connectivity index (χ1v) is 4.24. The number of hydrogen-bond acceptors (Lipinski definition) is 1. The van der Waals surface area contributed by atoms with Gasteiger partial charge in [0.15, 0.2) is 0 Å². The largest absolute Gasteiger partial charge is 0.205 e. The van der Waals surface area contributed by atoms with Crippen molar-refractivity contribution in [2.45, 2.75) is 26.7 Å². The fourth-order valence-electron chi connectivity index (χ4n) is 0.848. The zero-order chi connectivity index (χ0) is 7.72. The lowest BCUT2D eigenvalue weighted by atomic mass is 10.1. The average Bonchev–Trinajstić information content (AvgIpc) is 2.14. The van der Waals surface area contributed by atoms with E-state index in [2.05, 4.69) is 0 Å². The summed E-state index contributed by atoms with van der Waals surface area (Å²) in [5.41, 5.74) is 0.850. The third kappa shape index (κ3) is 1.21. The third-order valence-corrected chi connectivity index (χ3v) is 2.45. The molecule has 2 heteroatoms. The van der Waals surface area contributed by atoms with Crippen molar-refractivity contribution < 1.29 is 4.39 Å². The topological polar surface area (TPSA) is 0 Å². The molecule has 1 aromatic rings. The Morgan fingerprint density at radius 1 is 1.50 bits per heavy atom. The molecule has 0 bridgehead atoms. The fraction of sp³-hybridized carbons (Fsp3) is 0.500. The maximum atomic E-state index is 13.0. The van der Waals surface area contributed by atoms with E-state index < -0.39 is 0 Å². The summed E-state index contributed by atoms with van der Waals surface area (Å²) < 4.78 is 13.0. The lowest BCUT2D eigenvalue weighted by Gasteiger charge is -1.99. The lowest BCUT2D eigenvalue weighted by Crippen LogP contribution is -1.87. The van der Waals surface area contributed by atoms with E-state index in [0.29, 0.717) is 5.92 Å². The highest BCUT2D eigenvalue weighted by atomic mass is 32.1. The summed E-state index contributed by atoms with van der Waals surface area (Å²) in [5.74, 6) is 0.296. The van der Waals surface area contributed by atoms with E-state index in [-0.39, 0.29) is 5.82 Å². The maximum Gasteiger partial charge on any atom is 0.140 e. The minimum Gasteiger partial charge on any atom is -0.205 e. The predicted molar refractivity (Wildman–Crippen MR) is 43.1 cm³/mol. The van der Waals surface area contributed by atoms with Crippen molar-refractivity contribution >= 4 is 11.3 Å². The van der Waals surface area contributed by atoms with Crippen molar-refractivity contribution in [3.63, 3.8) is 0 Å². The van der Waals surface area contributed by atoms with Crippen LogP contribution < -0.4 is 0 Å². The van der Waals surface area contributed by atoms with Gasteiger partial charge in [0.1, 0.15) is 5.82 Å². The first-order chi connectivity index (χ1) is 4.63. The molecule has 0 nitrogen and oxygen atoms in total. The molecule has 0 radical (unpaired) electrons. The molecule has 0 aliphatic carbocycles. The summed E-state index contributed by atoms with van der Waals surface area (Å²) in [7, 11) is 0. The van der Waals surface area contributed by atoms with Crippen molar-refractivity contribution in [3.8, 4) is 0 Å². The highest BCUT2D eigenvalue weighted by Crippen LogP contribution is 2.25. The van der Waals surface area contributed by atoms with Gasteiger partial charge in [-0.2, -0.15) is 0 Å². The second kappa shape index (κ2) is 2.70. The Labute approximate surface area is 64.7 Å². The molecule has 0 unspecified atom stereocenters. The minimum absolute atomic E-state index is 0.0139. The van der Waals surface area contributed by atoms with Crippen LogP contribution in [0.3, 0.4) is 0 Å². The van der Waals surface area contributed by atoms with E-state index in [9.17, 15) is 4.39 Å². The molecule has 0 N–H and O–H groups in total. The van der Waals surface area contributed by atoms with Crippen LogP contribution in [0.15, 0.2) is 5.38 Å². The molecule has 0 spiro atoms. The first-order valence-electron chi connectivity index (χ1n) is 3.36. The Hall–Kier alpha value is -0.370. The van der Waals surface area contributed by atoms with E-state index in [4.69, 9.17) is 0 Å². The van der Waals surface area contributed by atoms with Crippen molar-refractivity contribution in [2.24, 2.45) is 0 Å². The molecule has 0 aliphatic heterocycles. The van der Waals surface area contributed by atoms with Crippen molar-refractivity contribution in [3.05, 3.63) is 21.6 Å². The van der Waals surface area contributed by atoms with Gasteiger partial charge < -0.3 is 0 Å². The van der Waals surface area contributed by atoms with Gasteiger partial charge >= 0.3 is 0 Å². The molecular formula is C8H11FS. The Morgan fingerprint density at radius 2 is 2.10 bits per heavy atom. The second-order valence-corrected chi connectivity index (χ2v) is 3.80. The number of hydrogen-bond donors (Lipinski definition) is 0. The van der Waals surface area contributed by atoms with E-state index in [1.54, 1.807) is 0 Å². The lowest BCUT2D eigenvalue weighted by molar-refractivity contribution is 0.598. The molecule has 0 saturated carbocycles. The number of thiophene rings is 1. The molecule has 0 amide bonds. The van der Waals surface area contributed by atoms with E-state index in [1.165, 1.54) is 11.3 Å². The van der Waals surface area contributed by atoms with Gasteiger partial charge in [0.25, 0.3) is 0 Å². The van der Waals surface area contributed by atoms with Crippen LogP contribution in [0.1, 0.15) is 30.2 Å². The Bertz CT molecular complexity index is 225. The quantitative estimate of drug-likeness (QED) is 0.588. The molecular weight excluding hydrogens is 147 g/mol. The first kappa shape index (κ1) is 7.73. The molecule has 10 heavy (non-hydrogen) atoms. The van der Waals surface area contributed by atoms with Crippen LogP contribution in [0.25, 0.3) is 0 Å². The summed E-state index contributed by atoms with van der Waals surface area (Å²) in [6.07, 6.45) is 0. The summed E-state index contributed by atoms with van der Waals surface area (Å²) >= 11 is 1.48. The summed E-state index contributed by atoms with van der Waals surface area (Å²) in [5, 5.41) is 1.90. The van der Waals surface area contributed by atoms with Gasteiger partial charge in [0.05, 0.1) is 0 Å². The predicted octanol–water partition coefficient (Wildman–Crippen LogP) is 3.32. The van der Waals surface area contributed by atoms with Crippen LogP contribution >= 0.6 is 11.3 Å². The van der Waals surface area contributed by atoms with Crippen LogP contribution in [0.2, 0.25) is 0 Å². The number of aryl methyl sites for hydroxylation is 1. The van der Waals surface area contributed by atoms with E-state index >= 15 is 0 Å². The Balaban J connectivity index is 3.05. The van der Waals surface area contributed by atoms with Crippen molar-refractivity contribution in [1.29, 1.82) is 0 Å². The van der Waals surface area contributed by atoms with Gasteiger partial charge in [0, 0.05) is 10.4 Å². The van der Waals surface area contributed by atoms with Crippen LogP contribution in [-0.4, -0.2) is 0 Å². The van der Waals surface area contributed by atoms with Crippen molar-refractivity contribution in [1.82, 2.24) is 0 Å². The molecule has 0 aliphatic rings. The van der Waals surface area contributed by atoms with Gasteiger partial charge in [-0.3, -0.25) is 0 Å². The van der Waals surface area contributed by atoms with Gasteiger partial charge in [-0.25, -0.2) is 4.39 Å². The highest BCUT2D eigenvalue weighted by Gasteiger charge is 2.09. The fourth-order valence-corrected chi connectivity index (χ4v) is 1.75. The second-order valence-electron chi connectivity index (χ2n) is 2.72. The number of halogens is 1. The van der Waals surface area contributed by atoms with Gasteiger partial charge in [-0.1, -0.05) is 13.8 Å². The van der Waals surface area contributed by atoms with E-state index in [0.717, 1.165) is 10.4 Å². The SMILES string of the molecule is Cc1scc(C(C)C)c1F. The molecule has 1 rings (SSSR count). The maximum absolute atomic E-state index is 13.0. The average molecular weight is 158 g/mol. The van der Waals surface area contributed by atoms with E-state index in [1.807, 2.05) is 26.2 Å². The van der Waals surface area contributed by atoms with Gasteiger partial charge in [0.2, 0.25) is 0 Å². The van der Waals surface area contributed by atoms with Gasteiger partial charge in [-0.05, 0) is 18.2 Å². The molecule has 0 saturated heterocycles. The number of rotatable bonds is 1. The molecule has 1 aromatic heterocycles. The highest BCUT2D eigenvalue weighted by molar-refractivity contribution is 7.10. The smallest absolute Gasteiger partial charge is 0.140 e. The van der Waals surface area contributed by atoms with Crippen LogP contribution in [0, 0.1) is 12.7 Å². The standard InChI is InChI=1S/C8H11FS/c1-5(2)7-4-10-6(3)8(7)9/h4-5H,1-3H3. The molecule has 56 valence electrons. The molecule has 0 atom stereocenters. The van der Waals surface area contributed by atoms with Crippen LogP contribution in [0.4, 0.5) is 4.39 Å². The summed E-state index contributed by atoms with van der Waals surface area (Å²) in [6.45, 7) is 5.82. The van der Waals surface area contributed by atoms with Crippen LogP contribution in [-0.2, 0) is 0 Å². The molecule has 0 aromatic carbocycles. The zero-order valence-electron chi connectivity index (χ0n) is 6.44.